The van der Waals surface area contributed by atoms with E-state index in [4.69, 9.17) is 14.9 Å². The number of hydrogen-bond acceptors (Lipinski definition) is 3. The summed E-state index contributed by atoms with van der Waals surface area (Å²) in [6.45, 7) is 7.47. The van der Waals surface area contributed by atoms with Gasteiger partial charge in [-0.25, -0.2) is 0 Å². The summed E-state index contributed by atoms with van der Waals surface area (Å²) in [5, 5.41) is 16.3. The zero-order valence-corrected chi connectivity index (χ0v) is 18.0. The second-order valence-corrected chi connectivity index (χ2v) is 7.08. The van der Waals surface area contributed by atoms with Gasteiger partial charge in [-0.2, -0.15) is 0 Å². The molecule has 1 heterocycles. The summed E-state index contributed by atoms with van der Waals surface area (Å²) in [4.78, 5) is 10.6. The first-order valence-corrected chi connectivity index (χ1v) is 10.2. The van der Waals surface area contributed by atoms with Gasteiger partial charge >= 0.3 is 5.97 Å². The summed E-state index contributed by atoms with van der Waals surface area (Å²) in [6.07, 6.45) is 0.687. The van der Waals surface area contributed by atoms with Crippen LogP contribution < -0.4 is 4.74 Å². The maximum atomic E-state index is 10.6. The normalized spacial score (nSPS) is 10.3. The molecule has 3 aromatic rings. The molecule has 0 saturated heterocycles. The van der Waals surface area contributed by atoms with Crippen molar-refractivity contribution in [3.8, 4) is 17.0 Å². The van der Waals surface area contributed by atoms with E-state index in [9.17, 15) is 4.79 Å². The third-order valence-electron chi connectivity index (χ3n) is 4.68. The summed E-state index contributed by atoms with van der Waals surface area (Å²) in [5.74, 6) is 0.0255. The van der Waals surface area contributed by atoms with E-state index in [1.807, 2.05) is 24.3 Å². The average molecular weight is 410 g/mol. The van der Waals surface area contributed by atoms with Crippen LogP contribution >= 0.6 is 0 Å². The molecular weight excluding hydrogens is 378 g/mol. The molecule has 2 N–H and O–H groups in total. The molecule has 0 aliphatic rings. The Morgan fingerprint density at radius 1 is 0.967 bits per heavy atom. The molecule has 0 atom stereocenters. The van der Waals surface area contributed by atoms with Gasteiger partial charge in [0.25, 0.3) is 0 Å². The van der Waals surface area contributed by atoms with E-state index in [-0.39, 0.29) is 13.0 Å². The third-order valence-corrected chi connectivity index (χ3v) is 4.68. The second kappa shape index (κ2) is 11.8. The molecule has 1 aromatic heterocycles. The lowest BCUT2D eigenvalue weighted by molar-refractivity contribution is -0.136. The zero-order valence-electron chi connectivity index (χ0n) is 18.0. The number of rotatable bonds is 8. The standard InChI is InChI=1S/C23H25NO3.C2H6O/c1-17-3-9-20(10-4-17)22-13-5-18(2)24(22)15-16-27-21-11-6-19(7-12-21)8-14-23(25)26;1-2-3/h3-7,9-13H,8,14-16H2,1-2H3,(H,25,26);3H,2H2,1H3. The Morgan fingerprint density at radius 2 is 1.60 bits per heavy atom. The molecule has 160 valence electrons. The van der Waals surface area contributed by atoms with Crippen molar-refractivity contribution in [2.75, 3.05) is 13.2 Å². The van der Waals surface area contributed by atoms with Gasteiger partial charge in [0.15, 0.2) is 0 Å². The molecule has 5 heteroatoms. The van der Waals surface area contributed by atoms with Crippen molar-refractivity contribution >= 4 is 5.97 Å². The number of aryl methyl sites for hydroxylation is 3. The lowest BCUT2D eigenvalue weighted by atomic mass is 10.1. The predicted molar refractivity (Wildman–Crippen MR) is 120 cm³/mol. The van der Waals surface area contributed by atoms with Crippen LogP contribution in [0.25, 0.3) is 11.3 Å². The number of aliphatic carboxylic acids is 1. The van der Waals surface area contributed by atoms with Crippen molar-refractivity contribution in [1.82, 2.24) is 4.57 Å². The van der Waals surface area contributed by atoms with Gasteiger partial charge in [0.1, 0.15) is 12.4 Å². The molecule has 0 saturated carbocycles. The highest BCUT2D eigenvalue weighted by Gasteiger charge is 2.08. The summed E-state index contributed by atoms with van der Waals surface area (Å²) in [6, 6.07) is 20.5. The molecule has 3 rings (SSSR count). The number of carboxylic acid groups (broad SMARTS) is 1. The highest BCUT2D eigenvalue weighted by molar-refractivity contribution is 5.67. The van der Waals surface area contributed by atoms with Crippen molar-refractivity contribution < 1.29 is 19.7 Å². The van der Waals surface area contributed by atoms with Crippen molar-refractivity contribution in [2.45, 2.75) is 40.2 Å². The highest BCUT2D eigenvalue weighted by Crippen LogP contribution is 2.23. The first-order chi connectivity index (χ1) is 14.4. The maximum Gasteiger partial charge on any atom is 0.303 e. The first kappa shape index (κ1) is 23.2. The number of nitrogens with zero attached hydrogens (tertiary/aromatic N) is 1. The molecule has 0 fully saturated rings. The molecular formula is C25H31NO4. The third kappa shape index (κ3) is 7.08. The van der Waals surface area contributed by atoms with Gasteiger partial charge in [0.05, 0.1) is 6.54 Å². The summed E-state index contributed by atoms with van der Waals surface area (Å²) >= 11 is 0. The van der Waals surface area contributed by atoms with Crippen LogP contribution in [0.2, 0.25) is 0 Å². The molecule has 5 nitrogen and oxygen atoms in total. The van der Waals surface area contributed by atoms with Crippen LogP contribution in [0.3, 0.4) is 0 Å². The topological polar surface area (TPSA) is 71.7 Å². The summed E-state index contributed by atoms with van der Waals surface area (Å²) in [5.41, 5.74) is 5.87. The fourth-order valence-corrected chi connectivity index (χ4v) is 3.10. The number of aliphatic hydroxyl groups excluding tert-OH is 1. The maximum absolute atomic E-state index is 10.6. The van der Waals surface area contributed by atoms with Crippen LogP contribution in [-0.2, 0) is 17.8 Å². The Balaban J connectivity index is 0.00000101. The van der Waals surface area contributed by atoms with Crippen LogP contribution in [0.15, 0.2) is 60.7 Å². The van der Waals surface area contributed by atoms with E-state index >= 15 is 0 Å². The van der Waals surface area contributed by atoms with Gasteiger partial charge in [0.2, 0.25) is 0 Å². The Morgan fingerprint density at radius 3 is 2.20 bits per heavy atom. The Bertz CT molecular complexity index is 911. The zero-order chi connectivity index (χ0) is 21.9. The number of benzene rings is 2. The Kier molecular flexibility index (Phi) is 9.16. The highest BCUT2D eigenvalue weighted by atomic mass is 16.5. The molecule has 0 amide bonds. The quantitative estimate of drug-likeness (QED) is 0.557. The van der Waals surface area contributed by atoms with Crippen LogP contribution in [0.5, 0.6) is 5.75 Å². The number of aromatic nitrogens is 1. The minimum Gasteiger partial charge on any atom is -0.492 e. The average Bonchev–Trinajstić information content (AvgIpc) is 3.09. The van der Waals surface area contributed by atoms with Gasteiger partial charge < -0.3 is 19.5 Å². The fraction of sp³-hybridized carbons (Fsp3) is 0.320. The molecule has 0 bridgehead atoms. The predicted octanol–water partition coefficient (Wildman–Crippen LogP) is 4.87. The molecule has 0 aliphatic heterocycles. The number of carbonyl (C=O) groups is 1. The van der Waals surface area contributed by atoms with Gasteiger partial charge in [-0.05, 0) is 62.6 Å². The molecule has 0 unspecified atom stereocenters. The van der Waals surface area contributed by atoms with Crippen molar-refractivity contribution in [2.24, 2.45) is 0 Å². The Hall–Kier alpha value is -3.05. The van der Waals surface area contributed by atoms with Crippen molar-refractivity contribution in [3.63, 3.8) is 0 Å². The van der Waals surface area contributed by atoms with Crippen LogP contribution in [-0.4, -0.2) is 34.0 Å². The minimum atomic E-state index is -0.776. The number of carboxylic acids is 1. The molecule has 0 radical (unpaired) electrons. The van der Waals surface area contributed by atoms with E-state index < -0.39 is 5.97 Å². The number of hydrogen-bond donors (Lipinski definition) is 2. The van der Waals surface area contributed by atoms with E-state index in [0.29, 0.717) is 13.0 Å². The molecule has 0 aliphatic carbocycles. The second-order valence-electron chi connectivity index (χ2n) is 7.08. The number of ether oxygens (including phenoxy) is 1. The Labute approximate surface area is 178 Å². The van der Waals surface area contributed by atoms with E-state index in [1.165, 1.54) is 22.5 Å². The van der Waals surface area contributed by atoms with Crippen molar-refractivity contribution in [1.29, 1.82) is 0 Å². The molecule has 2 aromatic carbocycles. The minimum absolute atomic E-state index is 0.148. The molecule has 30 heavy (non-hydrogen) atoms. The van der Waals surface area contributed by atoms with Gasteiger partial charge in [-0.15, -0.1) is 0 Å². The van der Waals surface area contributed by atoms with E-state index in [1.54, 1.807) is 6.92 Å². The molecule has 0 spiro atoms. The smallest absolute Gasteiger partial charge is 0.303 e. The first-order valence-electron chi connectivity index (χ1n) is 10.2. The van der Waals surface area contributed by atoms with Crippen LogP contribution in [0, 0.1) is 13.8 Å². The largest absolute Gasteiger partial charge is 0.492 e. The lowest BCUT2D eigenvalue weighted by Crippen LogP contribution is -2.10. The lowest BCUT2D eigenvalue weighted by Gasteiger charge is -2.13. The van der Waals surface area contributed by atoms with Crippen molar-refractivity contribution in [3.05, 3.63) is 77.5 Å². The monoisotopic (exact) mass is 409 g/mol. The van der Waals surface area contributed by atoms with Crippen LogP contribution in [0.4, 0.5) is 0 Å². The summed E-state index contributed by atoms with van der Waals surface area (Å²) in [7, 11) is 0. The van der Waals surface area contributed by atoms with Gasteiger partial charge in [-0.1, -0.05) is 42.0 Å². The van der Waals surface area contributed by atoms with Crippen LogP contribution in [0.1, 0.15) is 30.2 Å². The fourth-order valence-electron chi connectivity index (χ4n) is 3.10. The SMILES string of the molecule is CCO.Cc1ccc(-c2ccc(C)n2CCOc2ccc(CCC(=O)O)cc2)cc1. The summed E-state index contributed by atoms with van der Waals surface area (Å²) < 4.78 is 8.16. The van der Waals surface area contributed by atoms with Gasteiger partial charge in [-0.3, -0.25) is 4.79 Å². The van der Waals surface area contributed by atoms with E-state index in [2.05, 4.69) is 54.8 Å². The van der Waals surface area contributed by atoms with E-state index in [0.717, 1.165) is 17.9 Å². The number of aliphatic hydroxyl groups is 1. The van der Waals surface area contributed by atoms with Gasteiger partial charge in [0, 0.05) is 24.4 Å².